The molecule has 0 aliphatic heterocycles. The second-order valence-electron chi connectivity index (χ2n) is 7.88. The number of fused-ring (bicyclic) bond motifs is 1. The highest BCUT2D eigenvalue weighted by Gasteiger charge is 2.24. The van der Waals surface area contributed by atoms with E-state index in [2.05, 4.69) is 17.9 Å². The molecule has 3 N–H and O–H groups in total. The van der Waals surface area contributed by atoms with Gasteiger partial charge in [0.1, 0.15) is 34.0 Å². The molecule has 2 aromatic carbocycles. The van der Waals surface area contributed by atoms with E-state index in [1.165, 1.54) is 18.4 Å². The Bertz CT molecular complexity index is 1410. The predicted molar refractivity (Wildman–Crippen MR) is 145 cm³/mol. The number of methoxy groups -OCH3 is 1. The van der Waals surface area contributed by atoms with Crippen LogP contribution in [0, 0.1) is 0 Å². The van der Waals surface area contributed by atoms with Gasteiger partial charge in [-0.1, -0.05) is 18.2 Å². The maximum atomic E-state index is 13.0. The molecule has 3 aromatic rings. The molecule has 1 aromatic heterocycles. The summed E-state index contributed by atoms with van der Waals surface area (Å²) in [4.78, 5) is 33.8. The first kappa shape index (κ1) is 30.2. The van der Waals surface area contributed by atoms with Gasteiger partial charge in [0.05, 0.1) is 13.4 Å². The van der Waals surface area contributed by atoms with E-state index >= 15 is 0 Å². The van der Waals surface area contributed by atoms with Gasteiger partial charge in [0.2, 0.25) is 0 Å². The summed E-state index contributed by atoms with van der Waals surface area (Å²) in [5.41, 5.74) is 0.999. The number of carboxylic acid groups (broad SMARTS) is 2. The number of benzene rings is 2. The monoisotopic (exact) mass is 538 g/mol. The number of carbonyl (C=O) groups is 2. The second-order valence-corrected chi connectivity index (χ2v) is 7.88. The summed E-state index contributed by atoms with van der Waals surface area (Å²) in [6.45, 7) is 8.26. The van der Waals surface area contributed by atoms with Gasteiger partial charge in [0, 0.05) is 22.8 Å². The number of hydrogen-bond acceptors (Lipinski definition) is 8. The van der Waals surface area contributed by atoms with Crippen molar-refractivity contribution >= 4 is 22.9 Å². The largest absolute Gasteiger partial charge is 0.507 e. The van der Waals surface area contributed by atoms with Crippen molar-refractivity contribution < 1.29 is 43.5 Å². The lowest BCUT2D eigenvalue weighted by Crippen LogP contribution is -2.13. The minimum absolute atomic E-state index is 0.00589. The van der Waals surface area contributed by atoms with Crippen molar-refractivity contribution in [1.29, 1.82) is 0 Å². The number of allylic oxidation sites excluding steroid dienone is 3. The number of phenols is 1. The average Bonchev–Trinajstić information content (AvgIpc) is 2.91. The third kappa shape index (κ3) is 8.00. The fourth-order valence-electron chi connectivity index (χ4n) is 3.56. The van der Waals surface area contributed by atoms with E-state index in [0.29, 0.717) is 16.9 Å². The number of carboxylic acids is 2. The molecule has 0 saturated heterocycles. The number of phenolic OH excluding ortho intramolecular Hbond substituents is 1. The first-order chi connectivity index (χ1) is 18.7. The van der Waals surface area contributed by atoms with Crippen LogP contribution < -0.4 is 14.9 Å². The number of aliphatic carboxylic acids is 2. The first-order valence-corrected chi connectivity index (χ1v) is 11.7. The molecule has 0 saturated carbocycles. The van der Waals surface area contributed by atoms with Gasteiger partial charge in [0.15, 0.2) is 18.6 Å². The van der Waals surface area contributed by atoms with Crippen molar-refractivity contribution in [3.63, 3.8) is 0 Å². The summed E-state index contributed by atoms with van der Waals surface area (Å²) in [6, 6.07) is 8.25. The summed E-state index contributed by atoms with van der Waals surface area (Å²) in [6.07, 6.45) is 6.47. The lowest BCUT2D eigenvalue weighted by molar-refractivity contribution is -0.140. The minimum Gasteiger partial charge on any atom is -0.507 e. The van der Waals surface area contributed by atoms with E-state index in [0.717, 1.165) is 0 Å². The van der Waals surface area contributed by atoms with Crippen LogP contribution in [0.15, 0.2) is 77.2 Å². The highest BCUT2D eigenvalue weighted by atomic mass is 16.5. The number of rotatable bonds is 12. The quantitative estimate of drug-likeness (QED) is 0.218. The van der Waals surface area contributed by atoms with E-state index in [1.807, 2.05) is 0 Å². The molecular formula is C29H30O10. The zero-order valence-electron chi connectivity index (χ0n) is 21.6. The first-order valence-electron chi connectivity index (χ1n) is 11.7. The molecule has 0 unspecified atom stereocenters. The Kier molecular flexibility index (Phi) is 11.4. The Morgan fingerprint density at radius 2 is 1.62 bits per heavy atom. The SMILES string of the molecule is C=CCc1c(OCC(=O)O)c(CC=C)c2oc(-c3ccc(OC)cc3)cc(=O)c2c1O.CC=COCC(=O)O. The molecule has 0 atom stereocenters. The van der Waals surface area contributed by atoms with Crippen LogP contribution in [0.2, 0.25) is 0 Å². The standard InChI is InChI=1S/C24H22O7.C5H8O3/c1-4-6-16-22(28)21-18(25)12-19(14-8-10-15(29-3)11-9-14)31-24(21)17(7-5-2)23(16)30-13-20(26)27;1-2-3-8-4-5(6)7/h4-5,8-12,28H,1-2,6-7,13H2,3H3,(H,26,27);2-3H,4H2,1H3,(H,6,7). The van der Waals surface area contributed by atoms with Crippen LogP contribution in [-0.4, -0.2) is 47.6 Å². The third-order valence-corrected chi connectivity index (χ3v) is 5.14. The Morgan fingerprint density at radius 1 is 1.00 bits per heavy atom. The van der Waals surface area contributed by atoms with Gasteiger partial charge in [-0.3, -0.25) is 4.79 Å². The Morgan fingerprint density at radius 3 is 2.15 bits per heavy atom. The maximum absolute atomic E-state index is 13.0. The van der Waals surface area contributed by atoms with Crippen LogP contribution in [0.25, 0.3) is 22.3 Å². The summed E-state index contributed by atoms with van der Waals surface area (Å²) in [5, 5.41) is 27.9. The lowest BCUT2D eigenvalue weighted by atomic mass is 9.97. The highest BCUT2D eigenvalue weighted by molar-refractivity contribution is 5.91. The maximum Gasteiger partial charge on any atom is 0.341 e. The van der Waals surface area contributed by atoms with Gasteiger partial charge in [-0.05, 0) is 44.0 Å². The van der Waals surface area contributed by atoms with Crippen molar-refractivity contribution in [2.45, 2.75) is 19.8 Å². The Hall–Kier alpha value is -4.99. The summed E-state index contributed by atoms with van der Waals surface area (Å²) in [7, 11) is 1.55. The third-order valence-electron chi connectivity index (χ3n) is 5.14. The fourth-order valence-corrected chi connectivity index (χ4v) is 3.56. The van der Waals surface area contributed by atoms with Crippen LogP contribution in [0.1, 0.15) is 18.1 Å². The van der Waals surface area contributed by atoms with Gasteiger partial charge < -0.3 is 33.9 Å². The number of hydrogen-bond donors (Lipinski definition) is 3. The average molecular weight is 539 g/mol. The van der Waals surface area contributed by atoms with Gasteiger partial charge in [-0.2, -0.15) is 0 Å². The van der Waals surface area contributed by atoms with Crippen LogP contribution in [0.5, 0.6) is 17.2 Å². The molecule has 0 amide bonds. The van der Waals surface area contributed by atoms with Crippen LogP contribution >= 0.6 is 0 Å². The molecule has 3 rings (SSSR count). The Labute approximate surface area is 224 Å². The topological polar surface area (TPSA) is 153 Å². The van der Waals surface area contributed by atoms with Gasteiger partial charge in [-0.15, -0.1) is 13.2 Å². The molecule has 39 heavy (non-hydrogen) atoms. The molecule has 0 radical (unpaired) electrons. The zero-order chi connectivity index (χ0) is 28.9. The van der Waals surface area contributed by atoms with Crippen LogP contribution in [0.3, 0.4) is 0 Å². The molecule has 0 aliphatic rings. The van der Waals surface area contributed by atoms with E-state index in [-0.39, 0.29) is 53.2 Å². The van der Waals surface area contributed by atoms with E-state index < -0.39 is 24.0 Å². The van der Waals surface area contributed by atoms with E-state index in [9.17, 15) is 19.5 Å². The molecule has 0 bridgehead atoms. The minimum atomic E-state index is -1.18. The predicted octanol–water partition coefficient (Wildman–Crippen LogP) is 4.72. The molecule has 0 fully saturated rings. The smallest absolute Gasteiger partial charge is 0.341 e. The fraction of sp³-hybridized carbons (Fsp3) is 0.207. The van der Waals surface area contributed by atoms with E-state index in [4.69, 9.17) is 24.1 Å². The normalized spacial score (nSPS) is 10.4. The molecular weight excluding hydrogens is 508 g/mol. The van der Waals surface area contributed by atoms with Gasteiger partial charge in [0.25, 0.3) is 0 Å². The summed E-state index contributed by atoms with van der Waals surface area (Å²) in [5.74, 6) is -1.38. The summed E-state index contributed by atoms with van der Waals surface area (Å²) >= 11 is 0. The molecule has 10 nitrogen and oxygen atoms in total. The highest BCUT2D eigenvalue weighted by Crippen LogP contribution is 2.41. The van der Waals surface area contributed by atoms with Crippen molar-refractivity contribution in [2.24, 2.45) is 0 Å². The molecule has 206 valence electrons. The van der Waals surface area contributed by atoms with Crippen molar-refractivity contribution in [3.05, 3.63) is 89.3 Å². The van der Waals surface area contributed by atoms with Crippen molar-refractivity contribution in [1.82, 2.24) is 0 Å². The number of aromatic hydroxyl groups is 1. The molecule has 0 spiro atoms. The lowest BCUT2D eigenvalue weighted by Gasteiger charge is -2.18. The summed E-state index contributed by atoms with van der Waals surface area (Å²) < 4.78 is 21.2. The van der Waals surface area contributed by atoms with Crippen LogP contribution in [0.4, 0.5) is 0 Å². The molecule has 10 heteroatoms. The molecule has 0 aliphatic carbocycles. The Balaban J connectivity index is 0.000000580. The van der Waals surface area contributed by atoms with Crippen LogP contribution in [-0.2, 0) is 27.2 Å². The van der Waals surface area contributed by atoms with Gasteiger partial charge >= 0.3 is 11.9 Å². The van der Waals surface area contributed by atoms with Crippen molar-refractivity contribution in [2.75, 3.05) is 20.3 Å². The second kappa shape index (κ2) is 14.7. The zero-order valence-corrected chi connectivity index (χ0v) is 21.6. The van der Waals surface area contributed by atoms with Gasteiger partial charge in [-0.25, -0.2) is 9.59 Å². The van der Waals surface area contributed by atoms with E-state index in [1.54, 1.807) is 50.5 Å². The number of ether oxygens (including phenoxy) is 3. The van der Waals surface area contributed by atoms with Crippen molar-refractivity contribution in [3.8, 4) is 28.6 Å². The molecule has 1 heterocycles.